The highest BCUT2D eigenvalue weighted by Crippen LogP contribution is 2.11. The van der Waals surface area contributed by atoms with E-state index in [-0.39, 0.29) is 0 Å². The fourth-order valence-electron chi connectivity index (χ4n) is 1.17. The van der Waals surface area contributed by atoms with Crippen molar-refractivity contribution in [3.8, 4) is 0 Å². The molecule has 0 amide bonds. The molecule has 0 aromatic carbocycles. The molecule has 0 unspecified atom stereocenters. The van der Waals surface area contributed by atoms with E-state index in [0.717, 1.165) is 17.7 Å². The van der Waals surface area contributed by atoms with Crippen molar-refractivity contribution in [2.24, 2.45) is 0 Å². The fraction of sp³-hybridized carbons (Fsp3) is 0.556. The van der Waals surface area contributed by atoms with E-state index in [0.29, 0.717) is 6.04 Å². The van der Waals surface area contributed by atoms with Crippen molar-refractivity contribution in [3.05, 3.63) is 18.3 Å². The minimum atomic E-state index is 0.453. The van der Waals surface area contributed by atoms with E-state index in [9.17, 15) is 0 Å². The Morgan fingerprint density at radius 2 is 2.31 bits per heavy atom. The Hall–Kier alpha value is -0.640. The van der Waals surface area contributed by atoms with Gasteiger partial charge in [-0.05, 0) is 26.0 Å². The summed E-state index contributed by atoms with van der Waals surface area (Å²) in [5.74, 6) is 0.942. The van der Waals surface area contributed by atoms with Gasteiger partial charge in [-0.2, -0.15) is 5.10 Å². The molecule has 0 fully saturated rings. The molecule has 0 aliphatic heterocycles. The minimum Gasteiger partial charge on any atom is -0.352 e. The Balaban J connectivity index is 2.76. The van der Waals surface area contributed by atoms with Crippen LogP contribution in [0.1, 0.15) is 13.8 Å². The third-order valence-corrected chi connectivity index (χ3v) is 2.16. The summed E-state index contributed by atoms with van der Waals surface area (Å²) in [4.78, 5) is 2.21. The van der Waals surface area contributed by atoms with E-state index in [1.165, 1.54) is 0 Å². The lowest BCUT2D eigenvalue weighted by molar-refractivity contribution is 0.690. The van der Waals surface area contributed by atoms with E-state index in [2.05, 4.69) is 44.9 Å². The number of aromatic nitrogens is 2. The first-order chi connectivity index (χ1) is 6.25. The van der Waals surface area contributed by atoms with Gasteiger partial charge < -0.3 is 4.90 Å². The van der Waals surface area contributed by atoms with Gasteiger partial charge in [-0.25, -0.2) is 0 Å². The van der Waals surface area contributed by atoms with Gasteiger partial charge in [0.15, 0.2) is 5.82 Å². The quantitative estimate of drug-likeness (QED) is 0.759. The second-order valence-electron chi connectivity index (χ2n) is 3.06. The first-order valence-corrected chi connectivity index (χ1v) is 5.48. The molecular weight excluding hydrogens is 230 g/mol. The summed E-state index contributed by atoms with van der Waals surface area (Å²) >= 11 is 3.43. The Kier molecular flexibility index (Phi) is 4.15. The number of nitrogens with zero attached hydrogens (tertiary/aromatic N) is 3. The molecule has 3 nitrogen and oxygen atoms in total. The monoisotopic (exact) mass is 243 g/mol. The summed E-state index contributed by atoms with van der Waals surface area (Å²) in [6, 6.07) is 4.34. The SMILES string of the molecule is CC(C)N(CCBr)c1cccnn1. The van der Waals surface area contributed by atoms with Gasteiger partial charge in [0.05, 0.1) is 0 Å². The van der Waals surface area contributed by atoms with Crippen LogP contribution in [0.5, 0.6) is 0 Å². The predicted molar refractivity (Wildman–Crippen MR) is 58.3 cm³/mol. The van der Waals surface area contributed by atoms with E-state index >= 15 is 0 Å². The van der Waals surface area contributed by atoms with Gasteiger partial charge >= 0.3 is 0 Å². The Labute approximate surface area is 87.3 Å². The van der Waals surface area contributed by atoms with Crippen LogP contribution in [0.2, 0.25) is 0 Å². The zero-order valence-corrected chi connectivity index (χ0v) is 9.53. The van der Waals surface area contributed by atoms with Gasteiger partial charge in [-0.3, -0.25) is 0 Å². The summed E-state index contributed by atoms with van der Waals surface area (Å²) in [7, 11) is 0. The average molecular weight is 244 g/mol. The molecule has 0 atom stereocenters. The molecule has 0 bridgehead atoms. The van der Waals surface area contributed by atoms with Crippen molar-refractivity contribution < 1.29 is 0 Å². The molecule has 0 radical (unpaired) electrons. The Morgan fingerprint density at radius 3 is 2.77 bits per heavy atom. The van der Waals surface area contributed by atoms with Crippen LogP contribution in [0, 0.1) is 0 Å². The van der Waals surface area contributed by atoms with Gasteiger partial charge in [0.1, 0.15) is 0 Å². The summed E-state index contributed by atoms with van der Waals surface area (Å²) in [5.41, 5.74) is 0. The van der Waals surface area contributed by atoms with Gasteiger partial charge in [-0.1, -0.05) is 15.9 Å². The van der Waals surface area contributed by atoms with Crippen LogP contribution in [0.15, 0.2) is 18.3 Å². The molecule has 1 heterocycles. The first-order valence-electron chi connectivity index (χ1n) is 4.36. The highest BCUT2D eigenvalue weighted by Gasteiger charge is 2.10. The first kappa shape index (κ1) is 10.4. The van der Waals surface area contributed by atoms with Crippen molar-refractivity contribution in [2.75, 3.05) is 16.8 Å². The second kappa shape index (κ2) is 5.17. The maximum absolute atomic E-state index is 4.07. The normalized spacial score (nSPS) is 10.5. The van der Waals surface area contributed by atoms with Crippen LogP contribution in [0.3, 0.4) is 0 Å². The molecule has 0 N–H and O–H groups in total. The third kappa shape index (κ3) is 2.95. The molecule has 0 saturated carbocycles. The van der Waals surface area contributed by atoms with Crippen molar-refractivity contribution in [3.63, 3.8) is 0 Å². The number of rotatable bonds is 4. The van der Waals surface area contributed by atoms with E-state index < -0.39 is 0 Å². The van der Waals surface area contributed by atoms with Crippen LogP contribution < -0.4 is 4.90 Å². The number of anilines is 1. The Morgan fingerprint density at radius 1 is 1.54 bits per heavy atom. The number of alkyl halides is 1. The van der Waals surface area contributed by atoms with Gasteiger partial charge in [0, 0.05) is 24.1 Å². The van der Waals surface area contributed by atoms with Crippen LogP contribution in [-0.2, 0) is 0 Å². The lowest BCUT2D eigenvalue weighted by Gasteiger charge is -2.26. The van der Waals surface area contributed by atoms with Gasteiger partial charge in [-0.15, -0.1) is 5.10 Å². The number of halogens is 1. The molecule has 0 aliphatic carbocycles. The lowest BCUT2D eigenvalue weighted by Crippen LogP contribution is -2.33. The molecular formula is C9H14BrN3. The molecule has 0 aliphatic rings. The fourth-order valence-corrected chi connectivity index (χ4v) is 1.56. The summed E-state index contributed by atoms with van der Waals surface area (Å²) < 4.78 is 0. The standard InChI is InChI=1S/C9H14BrN3/c1-8(2)13(7-5-10)9-4-3-6-11-12-9/h3-4,6,8H,5,7H2,1-2H3. The molecule has 72 valence electrons. The van der Waals surface area contributed by atoms with Crippen LogP contribution >= 0.6 is 15.9 Å². The molecule has 0 spiro atoms. The van der Waals surface area contributed by atoms with Crippen molar-refractivity contribution >= 4 is 21.7 Å². The minimum absolute atomic E-state index is 0.453. The molecule has 13 heavy (non-hydrogen) atoms. The smallest absolute Gasteiger partial charge is 0.151 e. The van der Waals surface area contributed by atoms with E-state index in [1.54, 1.807) is 6.20 Å². The topological polar surface area (TPSA) is 29.0 Å². The van der Waals surface area contributed by atoms with Gasteiger partial charge in [0.2, 0.25) is 0 Å². The summed E-state index contributed by atoms with van der Waals surface area (Å²) in [6.07, 6.45) is 1.69. The highest BCUT2D eigenvalue weighted by atomic mass is 79.9. The number of hydrogen-bond donors (Lipinski definition) is 0. The van der Waals surface area contributed by atoms with Crippen molar-refractivity contribution in [1.29, 1.82) is 0 Å². The summed E-state index contributed by atoms with van der Waals surface area (Å²) in [5, 5.41) is 8.88. The molecule has 1 aromatic rings. The molecule has 1 aromatic heterocycles. The van der Waals surface area contributed by atoms with Crippen LogP contribution in [-0.4, -0.2) is 28.1 Å². The van der Waals surface area contributed by atoms with Crippen LogP contribution in [0.4, 0.5) is 5.82 Å². The van der Waals surface area contributed by atoms with E-state index in [1.807, 2.05) is 12.1 Å². The molecule has 0 saturated heterocycles. The maximum Gasteiger partial charge on any atom is 0.151 e. The van der Waals surface area contributed by atoms with Crippen molar-refractivity contribution in [2.45, 2.75) is 19.9 Å². The van der Waals surface area contributed by atoms with Gasteiger partial charge in [0.25, 0.3) is 0 Å². The average Bonchev–Trinajstić information content (AvgIpc) is 2.15. The lowest BCUT2D eigenvalue weighted by atomic mass is 10.3. The van der Waals surface area contributed by atoms with E-state index in [4.69, 9.17) is 0 Å². The molecule has 4 heteroatoms. The largest absolute Gasteiger partial charge is 0.352 e. The van der Waals surface area contributed by atoms with Crippen molar-refractivity contribution in [1.82, 2.24) is 10.2 Å². The summed E-state index contributed by atoms with van der Waals surface area (Å²) in [6.45, 7) is 5.26. The number of hydrogen-bond acceptors (Lipinski definition) is 3. The second-order valence-corrected chi connectivity index (χ2v) is 3.85. The Bertz CT molecular complexity index is 238. The van der Waals surface area contributed by atoms with Crippen LogP contribution in [0.25, 0.3) is 0 Å². The highest BCUT2D eigenvalue weighted by molar-refractivity contribution is 9.09. The third-order valence-electron chi connectivity index (χ3n) is 1.80. The zero-order valence-electron chi connectivity index (χ0n) is 7.94. The predicted octanol–water partition coefficient (Wildman–Crippen LogP) is 2.09. The maximum atomic E-state index is 4.07. The molecule has 1 rings (SSSR count). The zero-order chi connectivity index (χ0) is 9.68.